The van der Waals surface area contributed by atoms with Crippen LogP contribution in [0.2, 0.25) is 0 Å². The second kappa shape index (κ2) is 5.33. The molecule has 2 unspecified atom stereocenters. The van der Waals surface area contributed by atoms with Gasteiger partial charge in [-0.2, -0.15) is 0 Å². The topological polar surface area (TPSA) is 60.4 Å². The van der Waals surface area contributed by atoms with Crippen molar-refractivity contribution in [2.45, 2.75) is 30.9 Å². The van der Waals surface area contributed by atoms with E-state index < -0.39 is 15.1 Å². The fraction of sp³-hybridized carbons (Fsp3) is 0.500. The maximum Gasteiger partial charge on any atom is 0.157 e. The molecule has 0 saturated carbocycles. The van der Waals surface area contributed by atoms with Crippen molar-refractivity contribution < 1.29 is 17.9 Å². The van der Waals surface area contributed by atoms with Crippen LogP contribution in [0.4, 0.5) is 0 Å². The Morgan fingerprint density at radius 2 is 2.11 bits per heavy atom. The van der Waals surface area contributed by atoms with Gasteiger partial charge in [-0.3, -0.25) is 4.79 Å². The molecular formula is C14H18O4S. The van der Waals surface area contributed by atoms with Gasteiger partial charge in [-0.15, -0.1) is 0 Å². The van der Waals surface area contributed by atoms with Gasteiger partial charge in [-0.1, -0.05) is 18.2 Å². The highest BCUT2D eigenvalue weighted by atomic mass is 32.2. The zero-order valence-corrected chi connectivity index (χ0v) is 11.9. The van der Waals surface area contributed by atoms with E-state index in [-0.39, 0.29) is 18.1 Å². The quantitative estimate of drug-likeness (QED) is 0.847. The van der Waals surface area contributed by atoms with Crippen molar-refractivity contribution in [2.24, 2.45) is 0 Å². The Kier molecular flexibility index (Phi) is 3.94. The molecule has 0 spiro atoms. The van der Waals surface area contributed by atoms with Gasteiger partial charge in [0.1, 0.15) is 11.0 Å². The second-order valence-corrected chi connectivity index (χ2v) is 7.38. The van der Waals surface area contributed by atoms with Gasteiger partial charge in [0, 0.05) is 12.7 Å². The van der Waals surface area contributed by atoms with Crippen molar-refractivity contribution in [3.8, 4) is 5.75 Å². The van der Waals surface area contributed by atoms with Gasteiger partial charge in [0.05, 0.1) is 6.61 Å². The standard InChI is InChI=1S/C14H18O4S/c1-10(19(2,16)17)13(15)9-11-7-8-18-14-6-4-3-5-12(11)14/h3-6,10-11H,7-9H2,1-2H3. The molecule has 19 heavy (non-hydrogen) atoms. The van der Waals surface area contributed by atoms with E-state index in [0.717, 1.165) is 24.0 Å². The number of benzene rings is 1. The summed E-state index contributed by atoms with van der Waals surface area (Å²) in [6.07, 6.45) is 2.11. The number of carbonyl (C=O) groups is 1. The van der Waals surface area contributed by atoms with Crippen LogP contribution in [0.1, 0.15) is 31.2 Å². The summed E-state index contributed by atoms with van der Waals surface area (Å²) >= 11 is 0. The molecule has 0 amide bonds. The minimum absolute atomic E-state index is 0.0571. The highest BCUT2D eigenvalue weighted by molar-refractivity contribution is 7.92. The Balaban J connectivity index is 2.15. The summed E-state index contributed by atoms with van der Waals surface area (Å²) < 4.78 is 28.4. The number of ketones is 1. The maximum atomic E-state index is 12.0. The van der Waals surface area contributed by atoms with E-state index in [9.17, 15) is 13.2 Å². The molecule has 5 heteroatoms. The summed E-state index contributed by atoms with van der Waals surface area (Å²) in [5.41, 5.74) is 1.00. The molecule has 1 heterocycles. The highest BCUT2D eigenvalue weighted by Gasteiger charge is 2.29. The predicted molar refractivity (Wildman–Crippen MR) is 73.2 cm³/mol. The third kappa shape index (κ3) is 3.15. The van der Waals surface area contributed by atoms with Crippen LogP contribution in [-0.4, -0.2) is 32.3 Å². The van der Waals surface area contributed by atoms with Crippen molar-refractivity contribution in [1.29, 1.82) is 0 Å². The van der Waals surface area contributed by atoms with E-state index in [1.54, 1.807) is 0 Å². The van der Waals surface area contributed by atoms with Crippen molar-refractivity contribution in [1.82, 2.24) is 0 Å². The number of ether oxygens (including phenoxy) is 1. The van der Waals surface area contributed by atoms with Gasteiger partial charge >= 0.3 is 0 Å². The normalized spacial score (nSPS) is 20.2. The lowest BCUT2D eigenvalue weighted by Crippen LogP contribution is -2.28. The van der Waals surface area contributed by atoms with E-state index in [4.69, 9.17) is 4.74 Å². The molecule has 0 aliphatic carbocycles. The fourth-order valence-electron chi connectivity index (χ4n) is 2.28. The first-order chi connectivity index (χ1) is 8.89. The van der Waals surface area contributed by atoms with Crippen LogP contribution in [-0.2, 0) is 14.6 Å². The number of hydrogen-bond acceptors (Lipinski definition) is 4. The zero-order valence-electron chi connectivity index (χ0n) is 11.1. The monoisotopic (exact) mass is 282 g/mol. The fourth-order valence-corrected chi connectivity index (χ4v) is 2.85. The lowest BCUT2D eigenvalue weighted by molar-refractivity contribution is -0.118. The van der Waals surface area contributed by atoms with Gasteiger partial charge < -0.3 is 4.74 Å². The van der Waals surface area contributed by atoms with E-state index in [1.165, 1.54) is 6.92 Å². The SMILES string of the molecule is CC(C(=O)CC1CCOc2ccccc21)S(C)(=O)=O. The lowest BCUT2D eigenvalue weighted by atomic mass is 9.88. The zero-order chi connectivity index (χ0) is 14.0. The number of Topliss-reactive ketones (excluding diaryl/α,β-unsaturated/α-hetero) is 1. The molecule has 1 aliphatic rings. The minimum Gasteiger partial charge on any atom is -0.493 e. The number of para-hydroxylation sites is 1. The van der Waals surface area contributed by atoms with Gasteiger partial charge in [0.15, 0.2) is 15.6 Å². The first-order valence-electron chi connectivity index (χ1n) is 6.33. The number of carbonyl (C=O) groups excluding carboxylic acids is 1. The van der Waals surface area contributed by atoms with Gasteiger partial charge in [0.2, 0.25) is 0 Å². The molecule has 1 aromatic rings. The van der Waals surface area contributed by atoms with Crippen LogP contribution in [0.3, 0.4) is 0 Å². The number of fused-ring (bicyclic) bond motifs is 1. The van der Waals surface area contributed by atoms with Crippen LogP contribution in [0.15, 0.2) is 24.3 Å². The third-order valence-electron chi connectivity index (χ3n) is 3.63. The van der Waals surface area contributed by atoms with Gasteiger partial charge in [-0.05, 0) is 30.9 Å². The van der Waals surface area contributed by atoms with Crippen molar-refractivity contribution in [3.63, 3.8) is 0 Å². The van der Waals surface area contributed by atoms with Crippen LogP contribution in [0.5, 0.6) is 5.75 Å². The number of hydrogen-bond donors (Lipinski definition) is 0. The summed E-state index contributed by atoms with van der Waals surface area (Å²) in [7, 11) is -3.31. The molecule has 1 aromatic carbocycles. The Bertz CT molecular complexity index is 577. The average Bonchev–Trinajstić information content (AvgIpc) is 2.37. The van der Waals surface area contributed by atoms with E-state index >= 15 is 0 Å². The molecule has 4 nitrogen and oxygen atoms in total. The molecule has 0 fully saturated rings. The number of sulfone groups is 1. The molecule has 2 rings (SSSR count). The Morgan fingerprint density at radius 1 is 1.42 bits per heavy atom. The molecule has 0 bridgehead atoms. The lowest BCUT2D eigenvalue weighted by Gasteiger charge is -2.26. The minimum atomic E-state index is -3.31. The summed E-state index contributed by atoms with van der Waals surface area (Å²) in [5, 5.41) is -0.928. The Labute approximate surface area is 113 Å². The van der Waals surface area contributed by atoms with Crippen molar-refractivity contribution in [3.05, 3.63) is 29.8 Å². The molecule has 0 N–H and O–H groups in total. The molecule has 104 valence electrons. The second-order valence-electron chi connectivity index (χ2n) is 5.01. The van der Waals surface area contributed by atoms with Crippen LogP contribution < -0.4 is 4.74 Å². The van der Waals surface area contributed by atoms with E-state index in [1.807, 2.05) is 24.3 Å². The molecule has 0 radical (unpaired) electrons. The van der Waals surface area contributed by atoms with E-state index in [2.05, 4.69) is 0 Å². The van der Waals surface area contributed by atoms with E-state index in [0.29, 0.717) is 6.61 Å². The molecule has 2 atom stereocenters. The van der Waals surface area contributed by atoms with Crippen molar-refractivity contribution in [2.75, 3.05) is 12.9 Å². The van der Waals surface area contributed by atoms with Crippen LogP contribution in [0.25, 0.3) is 0 Å². The van der Waals surface area contributed by atoms with Crippen LogP contribution >= 0.6 is 0 Å². The Morgan fingerprint density at radius 3 is 2.79 bits per heavy atom. The van der Waals surface area contributed by atoms with Crippen LogP contribution in [0, 0.1) is 0 Å². The molecule has 0 saturated heterocycles. The molecule has 0 aromatic heterocycles. The number of rotatable bonds is 4. The summed E-state index contributed by atoms with van der Waals surface area (Å²) in [4.78, 5) is 12.0. The third-order valence-corrected chi connectivity index (χ3v) is 5.17. The Hall–Kier alpha value is -1.36. The first-order valence-corrected chi connectivity index (χ1v) is 8.28. The highest BCUT2D eigenvalue weighted by Crippen LogP contribution is 2.35. The maximum absolute atomic E-state index is 12.0. The average molecular weight is 282 g/mol. The molecular weight excluding hydrogens is 264 g/mol. The summed E-state index contributed by atoms with van der Waals surface area (Å²) in [6.45, 7) is 2.03. The first kappa shape index (κ1) is 14.1. The predicted octanol–water partition coefficient (Wildman–Crippen LogP) is 1.95. The smallest absolute Gasteiger partial charge is 0.157 e. The largest absolute Gasteiger partial charge is 0.493 e. The van der Waals surface area contributed by atoms with Gasteiger partial charge in [-0.25, -0.2) is 8.42 Å². The summed E-state index contributed by atoms with van der Waals surface area (Å²) in [6, 6.07) is 7.62. The summed E-state index contributed by atoms with van der Waals surface area (Å²) in [5.74, 6) is 0.643. The van der Waals surface area contributed by atoms with Crippen molar-refractivity contribution >= 4 is 15.6 Å². The molecule has 1 aliphatic heterocycles. The van der Waals surface area contributed by atoms with Gasteiger partial charge in [0.25, 0.3) is 0 Å².